The number of hydrogen-bond acceptors (Lipinski definition) is 6. The molecular formula is C33H35Cl4N3O3S. The van der Waals surface area contributed by atoms with Gasteiger partial charge in [0.2, 0.25) is 0 Å². The number of hydrogen-bond donors (Lipinski definition) is 1. The van der Waals surface area contributed by atoms with E-state index in [2.05, 4.69) is 10.3 Å². The van der Waals surface area contributed by atoms with Crippen molar-refractivity contribution in [3.05, 3.63) is 82.7 Å². The summed E-state index contributed by atoms with van der Waals surface area (Å²) >= 11 is 27.3. The van der Waals surface area contributed by atoms with E-state index in [1.54, 1.807) is 17.4 Å². The highest BCUT2D eigenvalue weighted by Gasteiger charge is 2.41. The molecule has 11 heteroatoms. The van der Waals surface area contributed by atoms with Crippen LogP contribution in [0.1, 0.15) is 65.1 Å². The Morgan fingerprint density at radius 2 is 1.89 bits per heavy atom. The number of nitrogens with zero attached hydrogens (tertiary/aromatic N) is 2. The number of carbonyl (C=O) groups is 1. The minimum absolute atomic E-state index is 0.0316. The average molecular weight is 696 g/mol. The molecule has 0 unspecified atom stereocenters. The first kappa shape index (κ1) is 32.1. The molecule has 2 atom stereocenters. The molecule has 2 fully saturated rings. The van der Waals surface area contributed by atoms with Crippen molar-refractivity contribution in [3.8, 4) is 5.75 Å². The van der Waals surface area contributed by atoms with Crippen LogP contribution in [0.15, 0.2) is 36.0 Å². The lowest BCUT2D eigenvalue weighted by Crippen LogP contribution is -2.51. The molecule has 1 saturated carbocycles. The molecule has 3 aliphatic rings. The van der Waals surface area contributed by atoms with E-state index in [0.29, 0.717) is 58.2 Å². The Balaban J connectivity index is 1.16. The highest BCUT2D eigenvalue weighted by atomic mass is 35.5. The summed E-state index contributed by atoms with van der Waals surface area (Å²) in [6.45, 7) is 5.38. The summed E-state index contributed by atoms with van der Waals surface area (Å²) < 4.78 is 11.7. The van der Waals surface area contributed by atoms with Crippen molar-refractivity contribution in [2.24, 2.45) is 0 Å². The maximum atomic E-state index is 14.4. The lowest BCUT2D eigenvalue weighted by Gasteiger charge is -2.40. The van der Waals surface area contributed by atoms with E-state index < -0.39 is 0 Å². The molecule has 1 aliphatic carbocycles. The number of benzene rings is 2. The number of thiazole rings is 1. The monoisotopic (exact) mass is 693 g/mol. The Kier molecular flexibility index (Phi) is 10.1. The van der Waals surface area contributed by atoms with Gasteiger partial charge in [-0.2, -0.15) is 0 Å². The van der Waals surface area contributed by atoms with E-state index in [-0.39, 0.29) is 18.0 Å². The largest absolute Gasteiger partial charge is 0.488 e. The van der Waals surface area contributed by atoms with Gasteiger partial charge in [-0.1, -0.05) is 58.5 Å². The second-order valence-electron chi connectivity index (χ2n) is 11.8. The van der Waals surface area contributed by atoms with Gasteiger partial charge in [0.15, 0.2) is 5.75 Å². The van der Waals surface area contributed by atoms with Crippen LogP contribution in [0.25, 0.3) is 5.57 Å². The normalized spacial score (nSPS) is 19.8. The number of rotatable bonds is 11. The number of fused-ring (bicyclic) bond motifs is 2. The van der Waals surface area contributed by atoms with Crippen molar-refractivity contribution in [3.63, 3.8) is 0 Å². The zero-order valence-electron chi connectivity index (χ0n) is 24.7. The number of carbonyl (C=O) groups excluding carboxylic acids is 1. The predicted octanol–water partition coefficient (Wildman–Crippen LogP) is 8.83. The molecule has 1 N–H and O–H groups in total. The Bertz CT molecular complexity index is 1590. The fourth-order valence-corrected chi connectivity index (χ4v) is 8.04. The molecule has 234 valence electrons. The first-order valence-corrected chi connectivity index (χ1v) is 17.4. The summed E-state index contributed by atoms with van der Waals surface area (Å²) in [5.74, 6) is 0.568. The van der Waals surface area contributed by atoms with Crippen molar-refractivity contribution in [2.75, 3.05) is 13.2 Å². The van der Waals surface area contributed by atoms with Crippen LogP contribution in [0.2, 0.25) is 20.1 Å². The van der Waals surface area contributed by atoms with E-state index >= 15 is 0 Å². The summed E-state index contributed by atoms with van der Waals surface area (Å²) in [6.07, 6.45) is 7.87. The van der Waals surface area contributed by atoms with Crippen LogP contribution in [0, 0.1) is 13.8 Å². The number of nitrogens with one attached hydrogen (secondary N) is 1. The lowest BCUT2D eigenvalue weighted by atomic mass is 9.81. The summed E-state index contributed by atoms with van der Waals surface area (Å²) in [5, 5.41) is 6.63. The predicted molar refractivity (Wildman–Crippen MR) is 179 cm³/mol. The minimum atomic E-state index is 0.0316. The van der Waals surface area contributed by atoms with Gasteiger partial charge in [0.25, 0.3) is 5.91 Å². The number of aromatic nitrogens is 1. The van der Waals surface area contributed by atoms with E-state index in [0.717, 1.165) is 76.2 Å². The van der Waals surface area contributed by atoms with Crippen LogP contribution in [-0.4, -0.2) is 47.1 Å². The average Bonchev–Trinajstić information content (AvgIpc) is 3.74. The van der Waals surface area contributed by atoms with Gasteiger partial charge in [0, 0.05) is 36.4 Å². The number of ether oxygens (including phenoxy) is 2. The van der Waals surface area contributed by atoms with Crippen LogP contribution in [-0.2, 0) is 22.7 Å². The van der Waals surface area contributed by atoms with Gasteiger partial charge in [-0.25, -0.2) is 4.98 Å². The Labute approximate surface area is 282 Å². The minimum Gasteiger partial charge on any atom is -0.488 e. The molecule has 6 rings (SSSR count). The maximum absolute atomic E-state index is 14.4. The molecule has 1 saturated heterocycles. The van der Waals surface area contributed by atoms with E-state index in [1.807, 2.05) is 43.1 Å². The van der Waals surface area contributed by atoms with Crippen molar-refractivity contribution < 1.29 is 14.3 Å². The Morgan fingerprint density at radius 3 is 2.68 bits per heavy atom. The molecule has 6 nitrogen and oxygen atoms in total. The molecule has 2 aliphatic heterocycles. The van der Waals surface area contributed by atoms with Crippen LogP contribution < -0.4 is 10.1 Å². The fourth-order valence-electron chi connectivity index (χ4n) is 6.07. The smallest absolute Gasteiger partial charge is 0.252 e. The Morgan fingerprint density at radius 1 is 1.07 bits per heavy atom. The standard InChI is InChI=1S/C33H35Cl4N3O3S/c1-18-13-25(35)32(30(36)19(18)2)43-12-11-42-17-28-38-15-27(44-28)23-14-21-6-4-8-26(39-21)29(23)33(41)40(22-9-10-22)16-20-5-3-7-24(34)31(20)37/h3,5,7,13,15,21-22,26,39H,4,6,8-12,14,16-17H2,1-2H3/t21-,26+/m0/s1. The third kappa shape index (κ3) is 6.95. The van der Waals surface area contributed by atoms with E-state index in [1.165, 1.54) is 0 Å². The zero-order valence-corrected chi connectivity index (χ0v) is 28.6. The van der Waals surface area contributed by atoms with E-state index in [4.69, 9.17) is 55.9 Å². The molecule has 2 aromatic carbocycles. The van der Waals surface area contributed by atoms with E-state index in [9.17, 15) is 4.79 Å². The van der Waals surface area contributed by atoms with Gasteiger partial charge in [0.1, 0.15) is 11.6 Å². The highest BCUT2D eigenvalue weighted by Crippen LogP contribution is 2.41. The topological polar surface area (TPSA) is 63.7 Å². The van der Waals surface area contributed by atoms with Gasteiger partial charge in [-0.15, -0.1) is 11.3 Å². The van der Waals surface area contributed by atoms with Gasteiger partial charge in [-0.05, 0) is 86.8 Å². The molecule has 1 amide bonds. The second kappa shape index (κ2) is 13.9. The summed E-state index contributed by atoms with van der Waals surface area (Å²) in [6, 6.07) is 8.08. The first-order valence-electron chi connectivity index (χ1n) is 15.0. The number of aryl methyl sites for hydroxylation is 1. The van der Waals surface area contributed by atoms with Crippen molar-refractivity contribution in [2.45, 2.75) is 83.6 Å². The van der Waals surface area contributed by atoms with Gasteiger partial charge in [-0.3, -0.25) is 4.79 Å². The summed E-state index contributed by atoms with van der Waals surface area (Å²) in [5.41, 5.74) is 4.82. The van der Waals surface area contributed by atoms with Gasteiger partial charge in [0.05, 0.1) is 38.2 Å². The van der Waals surface area contributed by atoms with Crippen molar-refractivity contribution in [1.29, 1.82) is 0 Å². The first-order chi connectivity index (χ1) is 21.2. The molecule has 0 spiro atoms. The molecule has 3 aromatic rings. The lowest BCUT2D eigenvalue weighted by molar-refractivity contribution is -0.128. The van der Waals surface area contributed by atoms with Gasteiger partial charge < -0.3 is 19.7 Å². The molecular weight excluding hydrogens is 660 g/mol. The maximum Gasteiger partial charge on any atom is 0.252 e. The molecule has 3 heterocycles. The molecule has 44 heavy (non-hydrogen) atoms. The number of amides is 1. The second-order valence-corrected chi connectivity index (χ2v) is 14.5. The van der Waals surface area contributed by atoms with Gasteiger partial charge >= 0.3 is 0 Å². The molecule has 2 bridgehead atoms. The number of piperidine rings is 1. The number of halogens is 4. The SMILES string of the molecule is Cc1cc(Cl)c(OCCOCc2ncc(C3=C(C(=O)N(Cc4cccc(Cl)c4Cl)C4CC4)[C@H]4CCC[C@@H](C3)N4)s2)c(Cl)c1C. The third-order valence-corrected chi connectivity index (χ3v) is 11.3. The zero-order chi connectivity index (χ0) is 31.0. The Hall–Kier alpha value is -1.84. The summed E-state index contributed by atoms with van der Waals surface area (Å²) in [7, 11) is 0. The van der Waals surface area contributed by atoms with Crippen LogP contribution in [0.3, 0.4) is 0 Å². The van der Waals surface area contributed by atoms with Crippen LogP contribution in [0.5, 0.6) is 5.75 Å². The van der Waals surface area contributed by atoms with Crippen molar-refractivity contribution in [1.82, 2.24) is 15.2 Å². The fraction of sp³-hybridized carbons (Fsp3) is 0.455. The van der Waals surface area contributed by atoms with Crippen molar-refractivity contribution >= 4 is 69.2 Å². The van der Waals surface area contributed by atoms with Crippen LogP contribution >= 0.6 is 57.7 Å². The molecule has 0 radical (unpaired) electrons. The summed E-state index contributed by atoms with van der Waals surface area (Å²) in [4.78, 5) is 22.1. The highest BCUT2D eigenvalue weighted by molar-refractivity contribution is 7.12. The quantitative estimate of drug-likeness (QED) is 0.203. The third-order valence-electron chi connectivity index (χ3n) is 8.69. The molecule has 1 aromatic heterocycles. The van der Waals surface area contributed by atoms with Crippen LogP contribution in [0.4, 0.5) is 0 Å².